The summed E-state index contributed by atoms with van der Waals surface area (Å²) in [6.07, 6.45) is 0.841. The Morgan fingerprint density at radius 1 is 1.05 bits per heavy atom. The number of benzene rings is 2. The Kier molecular flexibility index (Phi) is 3.09. The van der Waals surface area contributed by atoms with E-state index in [1.54, 1.807) is 12.1 Å². The van der Waals surface area contributed by atoms with E-state index in [0.29, 0.717) is 5.02 Å². The molecule has 4 heteroatoms. The minimum atomic E-state index is -0.0820. The number of halogens is 1. The van der Waals surface area contributed by atoms with Gasteiger partial charge in [0.25, 0.3) is 0 Å². The molecular weight excluding hydrogens is 262 g/mol. The number of hydrogen-bond donors (Lipinski definition) is 3. The monoisotopic (exact) mass is 275 g/mol. The molecular formula is C15H14ClNO2. The quantitative estimate of drug-likeness (QED) is 0.702. The molecule has 0 aromatic heterocycles. The van der Waals surface area contributed by atoms with E-state index in [4.69, 9.17) is 11.6 Å². The molecule has 0 saturated heterocycles. The largest absolute Gasteiger partial charge is 0.504 e. The molecule has 0 saturated carbocycles. The number of phenolic OH excluding ortho intramolecular Hbond substituents is 2. The summed E-state index contributed by atoms with van der Waals surface area (Å²) in [4.78, 5) is 0. The molecule has 0 radical (unpaired) electrons. The Balaban J connectivity index is 2.07. The molecule has 3 rings (SSSR count). The molecule has 19 heavy (non-hydrogen) atoms. The predicted octanol–water partition coefficient (Wildman–Crippen LogP) is 2.99. The maximum atomic E-state index is 9.69. The van der Waals surface area contributed by atoms with E-state index < -0.39 is 0 Å². The van der Waals surface area contributed by atoms with Crippen LogP contribution < -0.4 is 5.32 Å². The first-order valence-corrected chi connectivity index (χ1v) is 6.56. The summed E-state index contributed by atoms with van der Waals surface area (Å²) in [6, 6.07) is 11.0. The van der Waals surface area contributed by atoms with Crippen LogP contribution in [0.5, 0.6) is 11.5 Å². The fourth-order valence-electron chi connectivity index (χ4n) is 2.54. The fraction of sp³-hybridized carbons (Fsp3) is 0.200. The van der Waals surface area contributed by atoms with Gasteiger partial charge in [0.05, 0.1) is 6.04 Å². The van der Waals surface area contributed by atoms with E-state index in [0.717, 1.165) is 29.7 Å². The first kappa shape index (κ1) is 12.3. The minimum Gasteiger partial charge on any atom is -0.504 e. The third kappa shape index (κ3) is 2.27. The summed E-state index contributed by atoms with van der Waals surface area (Å²) in [5, 5.41) is 23.4. The van der Waals surface area contributed by atoms with Gasteiger partial charge in [0, 0.05) is 11.6 Å². The molecule has 0 fully saturated rings. The van der Waals surface area contributed by atoms with Crippen LogP contribution in [0.2, 0.25) is 5.02 Å². The van der Waals surface area contributed by atoms with Crippen molar-refractivity contribution in [1.82, 2.24) is 5.32 Å². The van der Waals surface area contributed by atoms with Crippen LogP contribution in [0.15, 0.2) is 36.4 Å². The maximum Gasteiger partial charge on any atom is 0.157 e. The topological polar surface area (TPSA) is 52.5 Å². The molecule has 1 heterocycles. The summed E-state index contributed by atoms with van der Waals surface area (Å²) in [5.74, 6) is -0.142. The Labute approximate surface area is 116 Å². The number of hydrogen-bond acceptors (Lipinski definition) is 3. The van der Waals surface area contributed by atoms with E-state index in [1.807, 2.05) is 24.3 Å². The van der Waals surface area contributed by atoms with E-state index >= 15 is 0 Å². The van der Waals surface area contributed by atoms with Crippen LogP contribution in [0.3, 0.4) is 0 Å². The minimum absolute atomic E-state index is 0.0208. The first-order valence-electron chi connectivity index (χ1n) is 6.19. The fourth-order valence-corrected chi connectivity index (χ4v) is 2.66. The van der Waals surface area contributed by atoms with Crippen molar-refractivity contribution in [3.05, 3.63) is 58.1 Å². The number of aromatic hydroxyl groups is 2. The third-order valence-corrected chi connectivity index (χ3v) is 3.75. The van der Waals surface area contributed by atoms with Gasteiger partial charge in [-0.2, -0.15) is 0 Å². The Bertz CT molecular complexity index is 610. The van der Waals surface area contributed by atoms with Crippen molar-refractivity contribution in [2.45, 2.75) is 12.5 Å². The van der Waals surface area contributed by atoms with Crippen LogP contribution in [0.4, 0.5) is 0 Å². The maximum absolute atomic E-state index is 9.69. The van der Waals surface area contributed by atoms with Crippen molar-refractivity contribution in [3.63, 3.8) is 0 Å². The zero-order chi connectivity index (χ0) is 13.4. The van der Waals surface area contributed by atoms with E-state index in [-0.39, 0.29) is 17.5 Å². The Hall–Kier alpha value is -1.71. The smallest absolute Gasteiger partial charge is 0.157 e. The lowest BCUT2D eigenvalue weighted by molar-refractivity contribution is 0.400. The van der Waals surface area contributed by atoms with Crippen LogP contribution in [0.1, 0.15) is 22.7 Å². The molecule has 2 aromatic rings. The molecule has 0 spiro atoms. The van der Waals surface area contributed by atoms with Gasteiger partial charge in [0.1, 0.15) is 0 Å². The molecule has 1 unspecified atom stereocenters. The average Bonchev–Trinajstić information content (AvgIpc) is 2.41. The van der Waals surface area contributed by atoms with Gasteiger partial charge in [-0.05, 0) is 47.4 Å². The van der Waals surface area contributed by atoms with Crippen LogP contribution >= 0.6 is 11.6 Å². The lowest BCUT2D eigenvalue weighted by Crippen LogP contribution is -2.30. The molecule has 1 atom stereocenters. The lowest BCUT2D eigenvalue weighted by atomic mass is 9.89. The molecule has 2 aromatic carbocycles. The molecule has 3 nitrogen and oxygen atoms in total. The van der Waals surface area contributed by atoms with E-state index in [9.17, 15) is 10.2 Å². The second-order valence-electron chi connectivity index (χ2n) is 4.73. The highest BCUT2D eigenvalue weighted by Crippen LogP contribution is 2.36. The third-order valence-electron chi connectivity index (χ3n) is 3.49. The van der Waals surface area contributed by atoms with Gasteiger partial charge in [0.15, 0.2) is 11.5 Å². The van der Waals surface area contributed by atoms with Gasteiger partial charge in [0.2, 0.25) is 0 Å². The molecule has 0 amide bonds. The summed E-state index contributed by atoms with van der Waals surface area (Å²) < 4.78 is 0. The molecule has 1 aliphatic rings. The first-order chi connectivity index (χ1) is 9.15. The highest BCUT2D eigenvalue weighted by molar-refractivity contribution is 6.30. The predicted molar refractivity (Wildman–Crippen MR) is 74.8 cm³/mol. The molecule has 3 N–H and O–H groups in total. The van der Waals surface area contributed by atoms with Crippen molar-refractivity contribution in [1.29, 1.82) is 0 Å². The molecule has 1 aliphatic heterocycles. The van der Waals surface area contributed by atoms with Gasteiger partial charge in [-0.1, -0.05) is 23.7 Å². The van der Waals surface area contributed by atoms with Gasteiger partial charge >= 0.3 is 0 Å². The van der Waals surface area contributed by atoms with Crippen LogP contribution in [0, 0.1) is 0 Å². The van der Waals surface area contributed by atoms with Crippen LogP contribution in [0.25, 0.3) is 0 Å². The van der Waals surface area contributed by atoms with Gasteiger partial charge < -0.3 is 15.5 Å². The highest BCUT2D eigenvalue weighted by Gasteiger charge is 2.22. The van der Waals surface area contributed by atoms with Gasteiger partial charge in [-0.15, -0.1) is 0 Å². The summed E-state index contributed by atoms with van der Waals surface area (Å²) in [5.41, 5.74) is 3.16. The number of nitrogens with one attached hydrogen (secondary N) is 1. The SMILES string of the molecule is Oc1cc2c(cc1O)C(c1ccc(Cl)cc1)NCC2. The summed E-state index contributed by atoms with van der Waals surface area (Å²) >= 11 is 5.90. The van der Waals surface area contributed by atoms with Gasteiger partial charge in [-0.3, -0.25) is 0 Å². The van der Waals surface area contributed by atoms with Crippen LogP contribution in [-0.2, 0) is 6.42 Å². The van der Waals surface area contributed by atoms with E-state index in [1.165, 1.54) is 0 Å². The summed E-state index contributed by atoms with van der Waals surface area (Å²) in [6.45, 7) is 0.838. The van der Waals surface area contributed by atoms with Crippen molar-refractivity contribution >= 4 is 11.6 Å². The number of fused-ring (bicyclic) bond motifs is 1. The zero-order valence-corrected chi connectivity index (χ0v) is 11.0. The zero-order valence-electron chi connectivity index (χ0n) is 10.2. The normalized spacial score (nSPS) is 18.1. The number of rotatable bonds is 1. The van der Waals surface area contributed by atoms with E-state index in [2.05, 4.69) is 5.32 Å². The molecule has 0 bridgehead atoms. The highest BCUT2D eigenvalue weighted by atomic mass is 35.5. The van der Waals surface area contributed by atoms with Crippen molar-refractivity contribution in [2.24, 2.45) is 0 Å². The van der Waals surface area contributed by atoms with Gasteiger partial charge in [-0.25, -0.2) is 0 Å². The van der Waals surface area contributed by atoms with Crippen molar-refractivity contribution < 1.29 is 10.2 Å². The standard InChI is InChI=1S/C15H14ClNO2/c16-11-3-1-9(2-4-11)15-12-8-14(19)13(18)7-10(12)5-6-17-15/h1-4,7-8,15,17-19H,5-6H2. The Morgan fingerprint density at radius 3 is 2.47 bits per heavy atom. The van der Waals surface area contributed by atoms with Crippen molar-refractivity contribution in [2.75, 3.05) is 6.54 Å². The second kappa shape index (κ2) is 4.76. The second-order valence-corrected chi connectivity index (χ2v) is 5.16. The number of phenols is 2. The average molecular weight is 276 g/mol. The summed E-state index contributed by atoms with van der Waals surface area (Å²) in [7, 11) is 0. The molecule has 0 aliphatic carbocycles. The van der Waals surface area contributed by atoms with Crippen molar-refractivity contribution in [3.8, 4) is 11.5 Å². The molecule has 98 valence electrons. The lowest BCUT2D eigenvalue weighted by Gasteiger charge is -2.27. The Morgan fingerprint density at radius 2 is 1.74 bits per heavy atom. The van der Waals surface area contributed by atoms with Crippen LogP contribution in [-0.4, -0.2) is 16.8 Å².